The number of ether oxygens (including phenoxy) is 2. The second kappa shape index (κ2) is 26.2. The molecule has 2 heterocycles. The van der Waals surface area contributed by atoms with Crippen molar-refractivity contribution in [1.29, 1.82) is 0 Å². The number of aromatic hydroxyl groups is 4. The van der Waals surface area contributed by atoms with Crippen molar-refractivity contribution in [2.45, 2.75) is 118 Å². The van der Waals surface area contributed by atoms with Crippen LogP contribution in [0.2, 0.25) is 0 Å². The van der Waals surface area contributed by atoms with Crippen LogP contribution in [0, 0.1) is 13.8 Å². The summed E-state index contributed by atoms with van der Waals surface area (Å²) in [5.74, 6) is 2.34. The van der Waals surface area contributed by atoms with Crippen molar-refractivity contribution in [2.75, 3.05) is 13.2 Å². The fraction of sp³-hybridized carbons (Fsp3) is 0.270. The standard InChI is InChI=1S/C60H66O4S2.2C7H7.Zr/c1-57(2,3)38-23-25-44-46(32-38)53(37-29-40(59(7,8)9)31-41(30-37)60(10,11)12)47-33-39(58(4,5)6)24-26-45(47)54(44)56-55(62)49(35-66-56)43-20-14-16-22-52(43)64-28-18-17-27-63-51-21-15-13-19-42(51)48-34-65-36-50(48)61;2*1-7-5-3-2-4-6-7;/h13-16,19-26,29-36,61-62H,17-18,27-28H2,1-12H3;2*2-6H,1H2;/q;2*-1;/p+2. The number of unbranched alkanes of at least 4 members (excludes halogenated alkanes) is 1. The summed E-state index contributed by atoms with van der Waals surface area (Å²) in [6.45, 7) is 36.4. The fourth-order valence-electron chi connectivity index (χ4n) is 9.82. The average Bonchev–Trinajstić information content (AvgIpc) is 4.11. The molecule has 81 heavy (non-hydrogen) atoms. The van der Waals surface area contributed by atoms with Gasteiger partial charge in [0, 0.05) is 84.0 Å². The average molecular weight is 1190 g/mol. The van der Waals surface area contributed by atoms with E-state index in [9.17, 15) is 10.2 Å². The van der Waals surface area contributed by atoms with Crippen molar-refractivity contribution < 1.29 is 45.9 Å². The Morgan fingerprint density at radius 3 is 1.22 bits per heavy atom. The summed E-state index contributed by atoms with van der Waals surface area (Å²) < 4.78 is 10.0. The van der Waals surface area contributed by atoms with E-state index in [1.165, 1.54) is 55.5 Å². The summed E-state index contributed by atoms with van der Waals surface area (Å²) in [4.78, 5) is 0.866. The van der Waals surface area contributed by atoms with Crippen LogP contribution in [0.3, 0.4) is 0 Å². The Bertz CT molecular complexity index is 3550. The van der Waals surface area contributed by atoms with Crippen LogP contribution in [0.15, 0.2) is 180 Å². The molecular formula is C74H82O4S2Zr. The Morgan fingerprint density at radius 2 is 0.827 bits per heavy atom. The van der Waals surface area contributed by atoms with Crippen LogP contribution in [0.1, 0.15) is 129 Å². The molecule has 4 nitrogen and oxygen atoms in total. The maximum atomic E-state index is 12.6. The van der Waals surface area contributed by atoms with Crippen LogP contribution in [0.25, 0.3) is 65.4 Å². The fourth-order valence-corrected chi connectivity index (χ4v) is 11.6. The van der Waals surface area contributed by atoms with Gasteiger partial charge in [-0.2, -0.15) is 49.2 Å². The largest absolute Gasteiger partial charge is 0.582 e. The van der Waals surface area contributed by atoms with E-state index in [4.69, 9.17) is 9.47 Å². The van der Waals surface area contributed by atoms with Crippen LogP contribution in [-0.2, 0) is 47.9 Å². The van der Waals surface area contributed by atoms with E-state index in [1.807, 2.05) is 102 Å². The minimum Gasteiger partial charge on any atom is -0.582 e. The van der Waals surface area contributed by atoms with Crippen LogP contribution in [-0.4, -0.2) is 32.9 Å². The van der Waals surface area contributed by atoms with Crippen molar-refractivity contribution in [3.8, 4) is 66.8 Å². The smallest absolute Gasteiger partial charge is 0.262 e. The number of fused-ring (bicyclic) bond motifs is 2. The minimum absolute atomic E-state index is 0. The Morgan fingerprint density at radius 1 is 0.407 bits per heavy atom. The van der Waals surface area contributed by atoms with Crippen molar-refractivity contribution in [1.82, 2.24) is 0 Å². The van der Waals surface area contributed by atoms with E-state index < -0.39 is 0 Å². The molecule has 8 aromatic carbocycles. The topological polar surface area (TPSA) is 66.1 Å². The number of thiophene rings is 2. The first-order chi connectivity index (χ1) is 37.9. The van der Waals surface area contributed by atoms with Gasteiger partial charge in [0.15, 0.2) is 13.2 Å². The van der Waals surface area contributed by atoms with Gasteiger partial charge in [-0.05, 0) is 101 Å². The van der Waals surface area contributed by atoms with Crippen molar-refractivity contribution in [3.63, 3.8) is 0 Å². The van der Waals surface area contributed by atoms with Gasteiger partial charge in [-0.3, -0.25) is 0 Å². The van der Waals surface area contributed by atoms with Crippen LogP contribution < -0.4 is 0 Å². The summed E-state index contributed by atoms with van der Waals surface area (Å²) in [6, 6.07) is 57.3. The molecule has 0 fully saturated rings. The predicted molar refractivity (Wildman–Crippen MR) is 348 cm³/mol. The van der Waals surface area contributed by atoms with E-state index in [1.54, 1.807) is 16.7 Å². The molecule has 0 radical (unpaired) electrons. The van der Waals surface area contributed by atoms with Gasteiger partial charge in [-0.15, -0.1) is 46.9 Å². The molecule has 7 heteroatoms. The first-order valence-corrected chi connectivity index (χ1v) is 29.8. The van der Waals surface area contributed by atoms with Gasteiger partial charge in [0.05, 0.1) is 16.0 Å². The van der Waals surface area contributed by atoms with Gasteiger partial charge in [0.2, 0.25) is 0 Å². The number of benzene rings is 8. The zero-order valence-electron chi connectivity index (χ0n) is 49.7. The molecule has 418 valence electrons. The van der Waals surface area contributed by atoms with Crippen molar-refractivity contribution in [3.05, 3.63) is 227 Å². The summed E-state index contributed by atoms with van der Waals surface area (Å²) >= 11 is 3.10. The van der Waals surface area contributed by atoms with E-state index in [0.29, 0.717) is 19.0 Å². The third-order valence-electron chi connectivity index (χ3n) is 14.6. The predicted octanol–water partition coefficient (Wildman–Crippen LogP) is 21.1. The molecule has 4 N–H and O–H groups in total. The van der Waals surface area contributed by atoms with Crippen LogP contribution >= 0.6 is 22.7 Å². The number of hydrogen-bond acceptors (Lipinski definition) is 4. The Kier molecular flexibility index (Phi) is 20.1. The second-order valence-corrected chi connectivity index (χ2v) is 26.7. The molecule has 0 saturated carbocycles. The summed E-state index contributed by atoms with van der Waals surface area (Å²) in [5, 5.41) is 33.4. The summed E-state index contributed by atoms with van der Waals surface area (Å²) in [7, 11) is 0. The quantitative estimate of drug-likeness (QED) is 0.0587. The first kappa shape index (κ1) is 62.1. The van der Waals surface area contributed by atoms with Gasteiger partial charge >= 0.3 is 0 Å². The SMILES string of the molecule is CC(C)(C)c1cc(-c2c3cc(C(C)(C)C)ccc3c(-c3scc(-c4ccccc4[OH+]CCCC[OH+]c4ccccc4-c4cscc4O)c3O)c3ccc(C(C)(C)C)cc23)cc(C(C)(C)C)c1.[CH2-]c1ccccc1.[CH2-]c1ccccc1.[Zr]. The number of aliphatic hydroxyl groups is 2. The molecule has 2 aromatic heterocycles. The van der Waals surface area contributed by atoms with E-state index >= 15 is 0 Å². The molecule has 0 aliphatic carbocycles. The van der Waals surface area contributed by atoms with Crippen molar-refractivity contribution >= 4 is 44.2 Å². The van der Waals surface area contributed by atoms with Crippen LogP contribution in [0.5, 0.6) is 23.0 Å². The Hall–Kier alpha value is -6.50. The van der Waals surface area contributed by atoms with E-state index in [0.717, 1.165) is 78.9 Å². The molecule has 0 spiro atoms. The third-order valence-corrected chi connectivity index (χ3v) is 16.4. The van der Waals surface area contributed by atoms with Gasteiger partial charge in [0.25, 0.3) is 11.5 Å². The van der Waals surface area contributed by atoms with Gasteiger partial charge < -0.3 is 19.7 Å². The second-order valence-electron chi connectivity index (χ2n) is 25.0. The molecule has 0 amide bonds. The molecule has 0 atom stereocenters. The normalized spacial score (nSPS) is 11.8. The molecular weight excluding hydrogens is 1110 g/mol. The molecule has 0 aliphatic heterocycles. The molecule has 0 aliphatic rings. The number of rotatable bonds is 11. The van der Waals surface area contributed by atoms with Gasteiger partial charge in [-0.1, -0.05) is 162 Å². The monoisotopic (exact) mass is 1190 g/mol. The third kappa shape index (κ3) is 15.1. The maximum Gasteiger partial charge on any atom is 0.262 e. The molecule has 10 rings (SSSR count). The minimum atomic E-state index is -0.0711. The van der Waals surface area contributed by atoms with Gasteiger partial charge in [-0.25, -0.2) is 0 Å². The zero-order valence-corrected chi connectivity index (χ0v) is 53.8. The molecule has 0 saturated heterocycles. The summed E-state index contributed by atoms with van der Waals surface area (Å²) in [5.41, 5.74) is 14.2. The molecule has 0 unspecified atom stereocenters. The number of para-hydroxylation sites is 2. The van der Waals surface area contributed by atoms with E-state index in [2.05, 4.69) is 169 Å². The first-order valence-electron chi connectivity index (χ1n) is 27.9. The Balaban J connectivity index is 0.000000550. The molecule has 0 bridgehead atoms. The number of hydrogen-bond donors (Lipinski definition) is 2. The molecule has 10 aromatic rings. The maximum absolute atomic E-state index is 12.6. The van der Waals surface area contributed by atoms with Crippen LogP contribution in [0.4, 0.5) is 0 Å². The zero-order chi connectivity index (χ0) is 57.6. The Labute approximate surface area is 511 Å². The van der Waals surface area contributed by atoms with Crippen molar-refractivity contribution in [2.24, 2.45) is 0 Å². The van der Waals surface area contributed by atoms with Gasteiger partial charge in [0.1, 0.15) is 11.5 Å². The van der Waals surface area contributed by atoms with E-state index in [-0.39, 0.29) is 53.6 Å². The summed E-state index contributed by atoms with van der Waals surface area (Å²) in [6.07, 6.45) is 1.75.